The summed E-state index contributed by atoms with van der Waals surface area (Å²) in [6, 6.07) is 17.4. The second-order valence-electron chi connectivity index (χ2n) is 7.98. The molecule has 160 valence electrons. The Labute approximate surface area is 181 Å². The van der Waals surface area contributed by atoms with Gasteiger partial charge in [0.2, 0.25) is 11.7 Å². The van der Waals surface area contributed by atoms with Gasteiger partial charge in [-0.3, -0.25) is 4.79 Å². The molecular formula is C24H25N3O4. The van der Waals surface area contributed by atoms with Crippen LogP contribution in [0, 0.1) is 5.92 Å². The molecule has 2 aliphatic rings. The second-order valence-corrected chi connectivity index (χ2v) is 7.98. The fraction of sp³-hybridized carbons (Fsp3) is 0.375. The quantitative estimate of drug-likeness (QED) is 0.626. The van der Waals surface area contributed by atoms with Gasteiger partial charge in [-0.15, -0.1) is 0 Å². The highest BCUT2D eigenvalue weighted by molar-refractivity contribution is 5.79. The Morgan fingerprint density at radius 2 is 1.77 bits per heavy atom. The van der Waals surface area contributed by atoms with Crippen LogP contribution in [0.3, 0.4) is 0 Å². The van der Waals surface area contributed by atoms with E-state index in [9.17, 15) is 4.79 Å². The first kappa shape index (κ1) is 19.8. The number of ether oxygens (including phenoxy) is 2. The minimum atomic E-state index is -0.0542. The van der Waals surface area contributed by atoms with Gasteiger partial charge in [0.05, 0.1) is 12.1 Å². The van der Waals surface area contributed by atoms with Gasteiger partial charge in [-0.1, -0.05) is 47.6 Å². The van der Waals surface area contributed by atoms with E-state index >= 15 is 0 Å². The molecule has 0 saturated carbocycles. The maximum Gasteiger partial charge on any atom is 0.262 e. The van der Waals surface area contributed by atoms with E-state index in [0.717, 1.165) is 36.9 Å². The van der Waals surface area contributed by atoms with Crippen molar-refractivity contribution in [2.45, 2.75) is 25.4 Å². The van der Waals surface area contributed by atoms with Gasteiger partial charge in [0.1, 0.15) is 11.9 Å². The molecule has 1 aromatic heterocycles. The third kappa shape index (κ3) is 4.32. The molecule has 0 radical (unpaired) electrons. The van der Waals surface area contributed by atoms with Crippen molar-refractivity contribution in [2.75, 3.05) is 26.3 Å². The average molecular weight is 419 g/mol. The van der Waals surface area contributed by atoms with E-state index in [1.807, 2.05) is 59.5 Å². The summed E-state index contributed by atoms with van der Waals surface area (Å²) < 4.78 is 17.2. The largest absolute Gasteiger partial charge is 0.488 e. The van der Waals surface area contributed by atoms with Crippen molar-refractivity contribution < 1.29 is 18.8 Å². The Bertz CT molecular complexity index is 1030. The van der Waals surface area contributed by atoms with Crippen LogP contribution < -0.4 is 4.74 Å². The minimum Gasteiger partial charge on any atom is -0.488 e. The van der Waals surface area contributed by atoms with Crippen LogP contribution in [0.2, 0.25) is 0 Å². The fourth-order valence-corrected chi connectivity index (χ4v) is 4.19. The van der Waals surface area contributed by atoms with Crippen LogP contribution in [-0.4, -0.2) is 53.4 Å². The zero-order valence-corrected chi connectivity index (χ0v) is 17.3. The van der Waals surface area contributed by atoms with E-state index < -0.39 is 0 Å². The summed E-state index contributed by atoms with van der Waals surface area (Å²) in [4.78, 5) is 19.3. The number of aromatic nitrogens is 2. The lowest BCUT2D eigenvalue weighted by molar-refractivity contribution is -0.137. The van der Waals surface area contributed by atoms with Gasteiger partial charge in [0.15, 0.2) is 0 Å². The maximum atomic E-state index is 12.8. The van der Waals surface area contributed by atoms with Crippen LogP contribution in [0.25, 0.3) is 22.8 Å². The number of benzene rings is 2. The molecule has 1 amide bonds. The van der Waals surface area contributed by atoms with Crippen LogP contribution in [0.1, 0.15) is 19.3 Å². The summed E-state index contributed by atoms with van der Waals surface area (Å²) in [6.45, 7) is 2.67. The molecule has 2 aliphatic heterocycles. The number of hydrogen-bond donors (Lipinski definition) is 0. The highest BCUT2D eigenvalue weighted by Crippen LogP contribution is 2.32. The number of rotatable bonds is 5. The van der Waals surface area contributed by atoms with Crippen LogP contribution >= 0.6 is 0 Å². The molecule has 1 unspecified atom stereocenters. The van der Waals surface area contributed by atoms with E-state index in [1.165, 1.54) is 0 Å². The topological polar surface area (TPSA) is 77.7 Å². The normalized spacial score (nSPS) is 19.5. The zero-order valence-electron chi connectivity index (χ0n) is 17.3. The van der Waals surface area contributed by atoms with Crippen molar-refractivity contribution >= 4 is 5.91 Å². The molecule has 0 bridgehead atoms. The molecule has 0 N–H and O–H groups in total. The Balaban J connectivity index is 1.28. The van der Waals surface area contributed by atoms with Crippen LogP contribution in [0.4, 0.5) is 0 Å². The molecule has 3 aromatic rings. The number of hydrogen-bond acceptors (Lipinski definition) is 6. The van der Waals surface area contributed by atoms with E-state index in [2.05, 4.69) is 10.1 Å². The lowest BCUT2D eigenvalue weighted by atomic mass is 9.99. The summed E-state index contributed by atoms with van der Waals surface area (Å²) in [6.07, 6.45) is 2.37. The molecule has 0 spiro atoms. The molecule has 1 atom stereocenters. The van der Waals surface area contributed by atoms with Crippen molar-refractivity contribution in [1.29, 1.82) is 0 Å². The molecule has 2 saturated heterocycles. The number of para-hydroxylation sites is 1. The third-order valence-corrected chi connectivity index (χ3v) is 5.90. The van der Waals surface area contributed by atoms with Gasteiger partial charge >= 0.3 is 0 Å². The number of likely N-dealkylation sites (tertiary alicyclic amines) is 1. The van der Waals surface area contributed by atoms with Crippen LogP contribution in [0.15, 0.2) is 59.1 Å². The van der Waals surface area contributed by atoms with Crippen molar-refractivity contribution in [3.05, 3.63) is 54.6 Å². The number of amides is 1. The van der Waals surface area contributed by atoms with Crippen molar-refractivity contribution in [3.8, 4) is 28.6 Å². The second kappa shape index (κ2) is 8.89. The van der Waals surface area contributed by atoms with Gasteiger partial charge in [0, 0.05) is 37.7 Å². The summed E-state index contributed by atoms with van der Waals surface area (Å²) in [5.41, 5.74) is 1.65. The molecular weight excluding hydrogens is 394 g/mol. The number of nitrogens with zero attached hydrogens (tertiary/aromatic N) is 3. The van der Waals surface area contributed by atoms with Gasteiger partial charge in [-0.2, -0.15) is 4.98 Å². The van der Waals surface area contributed by atoms with Crippen molar-refractivity contribution in [1.82, 2.24) is 15.0 Å². The van der Waals surface area contributed by atoms with Gasteiger partial charge in [-0.25, -0.2) is 0 Å². The van der Waals surface area contributed by atoms with E-state index in [4.69, 9.17) is 14.0 Å². The molecule has 0 aliphatic carbocycles. The lowest BCUT2D eigenvalue weighted by Crippen LogP contribution is -2.38. The summed E-state index contributed by atoms with van der Waals surface area (Å²) in [7, 11) is 0. The fourth-order valence-electron chi connectivity index (χ4n) is 4.19. The average Bonchev–Trinajstić information content (AvgIpc) is 3.50. The molecule has 31 heavy (non-hydrogen) atoms. The molecule has 3 heterocycles. The highest BCUT2D eigenvalue weighted by Gasteiger charge is 2.33. The first-order chi connectivity index (χ1) is 15.3. The van der Waals surface area contributed by atoms with Gasteiger partial charge in [-0.05, 0) is 25.0 Å². The Hall–Kier alpha value is -3.19. The van der Waals surface area contributed by atoms with Crippen LogP contribution in [-0.2, 0) is 9.53 Å². The van der Waals surface area contributed by atoms with Crippen LogP contribution in [0.5, 0.6) is 5.75 Å². The van der Waals surface area contributed by atoms with E-state index in [-0.39, 0.29) is 17.9 Å². The minimum absolute atomic E-state index is 0.0542. The summed E-state index contributed by atoms with van der Waals surface area (Å²) >= 11 is 0. The maximum absolute atomic E-state index is 12.8. The van der Waals surface area contributed by atoms with Crippen molar-refractivity contribution in [2.24, 2.45) is 5.92 Å². The molecule has 7 nitrogen and oxygen atoms in total. The predicted molar refractivity (Wildman–Crippen MR) is 114 cm³/mol. The Kier molecular flexibility index (Phi) is 5.67. The van der Waals surface area contributed by atoms with E-state index in [1.54, 1.807) is 0 Å². The van der Waals surface area contributed by atoms with Crippen molar-refractivity contribution in [3.63, 3.8) is 0 Å². The molecule has 2 aromatic carbocycles. The smallest absolute Gasteiger partial charge is 0.262 e. The third-order valence-electron chi connectivity index (χ3n) is 5.90. The monoisotopic (exact) mass is 419 g/mol. The van der Waals surface area contributed by atoms with Gasteiger partial charge in [0.25, 0.3) is 5.89 Å². The summed E-state index contributed by atoms with van der Waals surface area (Å²) in [5, 5.41) is 4.12. The van der Waals surface area contributed by atoms with Gasteiger partial charge < -0.3 is 18.9 Å². The molecule has 5 rings (SSSR count). The molecule has 7 heteroatoms. The predicted octanol–water partition coefficient (Wildman–Crippen LogP) is 3.81. The summed E-state index contributed by atoms with van der Waals surface area (Å²) in [5.74, 6) is 1.96. The SMILES string of the molecule is O=C(C1CCOCC1)N1CCC(Oc2ccccc2-c2nc(-c3ccccc3)no2)C1. The lowest BCUT2D eigenvalue weighted by Gasteiger charge is -2.26. The first-order valence-electron chi connectivity index (χ1n) is 10.8. The number of carbonyl (C=O) groups is 1. The number of carbonyl (C=O) groups excluding carboxylic acids is 1. The molecule has 2 fully saturated rings. The van der Waals surface area contributed by atoms with E-state index in [0.29, 0.717) is 37.2 Å². The highest BCUT2D eigenvalue weighted by atomic mass is 16.5. The Morgan fingerprint density at radius 1 is 1.00 bits per heavy atom. The zero-order chi connectivity index (χ0) is 21.0. The standard InChI is InChI=1S/C24H25N3O4/c28-24(18-11-14-29-15-12-18)27-13-10-19(16-27)30-21-9-5-4-8-20(21)23-25-22(26-31-23)17-6-2-1-3-7-17/h1-9,18-19H,10-16H2. The Morgan fingerprint density at radius 3 is 2.61 bits per heavy atom. The first-order valence-corrected chi connectivity index (χ1v) is 10.8.